The van der Waals surface area contributed by atoms with Gasteiger partial charge in [-0.1, -0.05) is 12.0 Å². The lowest BCUT2D eigenvalue weighted by Gasteiger charge is -1.95. The van der Waals surface area contributed by atoms with Gasteiger partial charge in [-0.3, -0.25) is 0 Å². The van der Waals surface area contributed by atoms with Crippen LogP contribution in [0.15, 0.2) is 18.2 Å². The topological polar surface area (TPSA) is 20.2 Å². The van der Waals surface area contributed by atoms with Crippen molar-refractivity contribution < 1.29 is 9.50 Å². The van der Waals surface area contributed by atoms with Crippen LogP contribution < -0.4 is 0 Å². The Morgan fingerprint density at radius 1 is 1.50 bits per heavy atom. The highest BCUT2D eigenvalue weighted by Gasteiger charge is 2.01. The van der Waals surface area contributed by atoms with Crippen molar-refractivity contribution in [3.8, 4) is 18.1 Å². The van der Waals surface area contributed by atoms with Gasteiger partial charge in [0.2, 0.25) is 0 Å². The van der Waals surface area contributed by atoms with Gasteiger partial charge < -0.3 is 5.11 Å². The average Bonchev–Trinajstić information content (AvgIpc) is 1.95. The van der Waals surface area contributed by atoms with E-state index in [-0.39, 0.29) is 5.56 Å². The van der Waals surface area contributed by atoms with Crippen LogP contribution in [-0.4, -0.2) is 5.11 Å². The molecule has 0 amide bonds. The Labute approximate surface area is 58.1 Å². The van der Waals surface area contributed by atoms with Gasteiger partial charge in [0.25, 0.3) is 0 Å². The van der Waals surface area contributed by atoms with E-state index in [1.54, 1.807) is 0 Å². The third kappa shape index (κ3) is 0.939. The van der Waals surface area contributed by atoms with Crippen LogP contribution in [0.25, 0.3) is 0 Å². The second-order valence-corrected chi connectivity index (χ2v) is 1.78. The van der Waals surface area contributed by atoms with E-state index in [1.165, 1.54) is 12.1 Å². The summed E-state index contributed by atoms with van der Waals surface area (Å²) in [5.41, 5.74) is 0.181. The lowest BCUT2D eigenvalue weighted by Crippen LogP contribution is -1.79. The van der Waals surface area contributed by atoms with Gasteiger partial charge in [0.1, 0.15) is 0 Å². The third-order valence-electron chi connectivity index (χ3n) is 1.14. The van der Waals surface area contributed by atoms with Crippen molar-refractivity contribution in [3.63, 3.8) is 0 Å². The molecule has 1 aromatic rings. The first-order valence-corrected chi connectivity index (χ1v) is 2.70. The molecule has 2 heteroatoms. The van der Waals surface area contributed by atoms with Crippen LogP contribution in [0.5, 0.6) is 5.75 Å². The number of hydrogen-bond donors (Lipinski definition) is 1. The summed E-state index contributed by atoms with van der Waals surface area (Å²) in [4.78, 5) is 0. The molecule has 0 fully saturated rings. The summed E-state index contributed by atoms with van der Waals surface area (Å²) < 4.78 is 12.4. The largest absolute Gasteiger partial charge is 0.504 e. The minimum Gasteiger partial charge on any atom is -0.504 e. The molecular formula is C8H5FO. The van der Waals surface area contributed by atoms with Gasteiger partial charge in [0.05, 0.1) is 5.56 Å². The Hall–Kier alpha value is -1.49. The first-order valence-electron chi connectivity index (χ1n) is 2.70. The summed E-state index contributed by atoms with van der Waals surface area (Å²) in [7, 11) is 0. The van der Waals surface area contributed by atoms with Gasteiger partial charge in [-0.15, -0.1) is 6.42 Å². The van der Waals surface area contributed by atoms with E-state index in [0.29, 0.717) is 0 Å². The normalized spacial score (nSPS) is 8.80. The highest BCUT2D eigenvalue weighted by molar-refractivity contribution is 5.44. The van der Waals surface area contributed by atoms with E-state index in [9.17, 15) is 4.39 Å². The van der Waals surface area contributed by atoms with Crippen molar-refractivity contribution in [1.29, 1.82) is 0 Å². The number of phenols is 1. The first-order chi connectivity index (χ1) is 4.75. The molecule has 0 heterocycles. The summed E-state index contributed by atoms with van der Waals surface area (Å²) in [5, 5.41) is 8.88. The Bertz CT molecular complexity index is 286. The van der Waals surface area contributed by atoms with Crippen LogP contribution in [0.2, 0.25) is 0 Å². The van der Waals surface area contributed by atoms with Crippen LogP contribution in [0.3, 0.4) is 0 Å². The van der Waals surface area contributed by atoms with Gasteiger partial charge in [-0.25, -0.2) is 4.39 Å². The fourth-order valence-electron chi connectivity index (χ4n) is 0.632. The molecule has 0 aliphatic carbocycles. The van der Waals surface area contributed by atoms with Gasteiger partial charge in [0.15, 0.2) is 11.6 Å². The summed E-state index contributed by atoms with van der Waals surface area (Å²) in [5.74, 6) is 1.01. The molecule has 0 saturated heterocycles. The molecule has 1 aromatic carbocycles. The minimum atomic E-state index is -0.685. The van der Waals surface area contributed by atoms with E-state index in [2.05, 4.69) is 5.92 Å². The predicted molar refractivity (Wildman–Crippen MR) is 36.0 cm³/mol. The maximum absolute atomic E-state index is 12.4. The number of terminal acetylenes is 1. The van der Waals surface area contributed by atoms with E-state index < -0.39 is 11.6 Å². The molecule has 50 valence electrons. The first kappa shape index (κ1) is 6.63. The highest BCUT2D eigenvalue weighted by Crippen LogP contribution is 2.18. The lowest BCUT2D eigenvalue weighted by molar-refractivity contribution is 0.431. The van der Waals surface area contributed by atoms with E-state index in [0.717, 1.165) is 6.07 Å². The quantitative estimate of drug-likeness (QED) is 0.536. The number of aromatic hydroxyl groups is 1. The molecule has 0 aromatic heterocycles. The van der Waals surface area contributed by atoms with Gasteiger partial charge in [-0.05, 0) is 12.1 Å². The molecule has 0 radical (unpaired) electrons. The zero-order valence-electron chi connectivity index (χ0n) is 5.13. The van der Waals surface area contributed by atoms with Crippen LogP contribution in [0.1, 0.15) is 5.56 Å². The van der Waals surface area contributed by atoms with Crippen LogP contribution in [0, 0.1) is 18.2 Å². The summed E-state index contributed by atoms with van der Waals surface area (Å²) in [6.45, 7) is 0. The second-order valence-electron chi connectivity index (χ2n) is 1.78. The molecule has 1 N–H and O–H groups in total. The van der Waals surface area contributed by atoms with Crippen LogP contribution >= 0.6 is 0 Å². The Kier molecular flexibility index (Phi) is 1.59. The second kappa shape index (κ2) is 2.40. The predicted octanol–water partition coefficient (Wildman–Crippen LogP) is 1.51. The maximum atomic E-state index is 12.4. The SMILES string of the molecule is C#Cc1cccc(F)c1O. The number of para-hydroxylation sites is 1. The molecule has 10 heavy (non-hydrogen) atoms. The number of benzene rings is 1. The molecule has 0 bridgehead atoms. The summed E-state index contributed by atoms with van der Waals surface area (Å²) >= 11 is 0. The van der Waals surface area contributed by atoms with Crippen molar-refractivity contribution in [2.45, 2.75) is 0 Å². The Balaban J connectivity index is 3.31. The highest BCUT2D eigenvalue weighted by atomic mass is 19.1. The fourth-order valence-corrected chi connectivity index (χ4v) is 0.632. The molecule has 0 aliphatic rings. The van der Waals surface area contributed by atoms with E-state index >= 15 is 0 Å². The summed E-state index contributed by atoms with van der Waals surface area (Å²) in [6.07, 6.45) is 4.94. The minimum absolute atomic E-state index is 0.181. The van der Waals surface area contributed by atoms with Gasteiger partial charge >= 0.3 is 0 Å². The molecule has 0 atom stereocenters. The number of hydrogen-bond acceptors (Lipinski definition) is 1. The Morgan fingerprint density at radius 2 is 2.20 bits per heavy atom. The zero-order chi connectivity index (χ0) is 7.56. The number of phenolic OH excluding ortho intramolecular Hbond substituents is 1. The van der Waals surface area contributed by atoms with Crippen LogP contribution in [-0.2, 0) is 0 Å². The van der Waals surface area contributed by atoms with Crippen molar-refractivity contribution in [1.82, 2.24) is 0 Å². The van der Waals surface area contributed by atoms with Gasteiger partial charge in [0, 0.05) is 0 Å². The fraction of sp³-hybridized carbons (Fsp3) is 0. The van der Waals surface area contributed by atoms with E-state index in [1.807, 2.05) is 0 Å². The monoisotopic (exact) mass is 136 g/mol. The summed E-state index contributed by atoms with van der Waals surface area (Å²) in [6, 6.07) is 4.07. The van der Waals surface area contributed by atoms with Gasteiger partial charge in [-0.2, -0.15) is 0 Å². The van der Waals surface area contributed by atoms with Crippen molar-refractivity contribution >= 4 is 0 Å². The molecule has 0 aliphatic heterocycles. The van der Waals surface area contributed by atoms with Crippen molar-refractivity contribution in [2.24, 2.45) is 0 Å². The van der Waals surface area contributed by atoms with Crippen molar-refractivity contribution in [2.75, 3.05) is 0 Å². The number of halogens is 1. The standard InChI is InChI=1S/C8H5FO/c1-2-6-4-3-5-7(9)8(6)10/h1,3-5,10H. The Morgan fingerprint density at radius 3 is 2.70 bits per heavy atom. The molecule has 0 spiro atoms. The average molecular weight is 136 g/mol. The van der Waals surface area contributed by atoms with E-state index in [4.69, 9.17) is 11.5 Å². The third-order valence-corrected chi connectivity index (χ3v) is 1.14. The van der Waals surface area contributed by atoms with Crippen LogP contribution in [0.4, 0.5) is 4.39 Å². The smallest absolute Gasteiger partial charge is 0.167 e. The molecule has 0 unspecified atom stereocenters. The lowest BCUT2D eigenvalue weighted by atomic mass is 10.2. The molecule has 1 nitrogen and oxygen atoms in total. The molecule has 0 saturated carbocycles. The number of rotatable bonds is 0. The molecular weight excluding hydrogens is 131 g/mol. The molecule has 1 rings (SSSR count). The van der Waals surface area contributed by atoms with Crippen molar-refractivity contribution in [3.05, 3.63) is 29.6 Å². The maximum Gasteiger partial charge on any atom is 0.167 e. The zero-order valence-corrected chi connectivity index (χ0v) is 5.13.